The number of amides is 1. The number of ether oxygens (including phenoxy) is 1. The number of carbonyl (C=O) groups is 1. The summed E-state index contributed by atoms with van der Waals surface area (Å²) in [6.45, 7) is 5.31. The molecule has 26 heavy (non-hydrogen) atoms. The highest BCUT2D eigenvalue weighted by Crippen LogP contribution is 2.24. The lowest BCUT2D eigenvalue weighted by Gasteiger charge is -2.09. The van der Waals surface area contributed by atoms with E-state index in [-0.39, 0.29) is 12.4 Å². The van der Waals surface area contributed by atoms with Gasteiger partial charge in [-0.1, -0.05) is 63.8 Å². The highest BCUT2D eigenvalue weighted by atomic mass is 35.5. The van der Waals surface area contributed by atoms with Crippen LogP contribution < -0.4 is 10.5 Å². The number of nitrogens with two attached hydrogens (primary N) is 1. The molecule has 4 heteroatoms. The lowest BCUT2D eigenvalue weighted by Crippen LogP contribution is -2.10. The number of hydrogen-bond acceptors (Lipinski definition) is 2. The van der Waals surface area contributed by atoms with Gasteiger partial charge < -0.3 is 10.5 Å². The minimum atomic E-state index is -0.406. The first kappa shape index (κ1) is 22.0. The zero-order valence-electron chi connectivity index (χ0n) is 15.7. The van der Waals surface area contributed by atoms with E-state index in [0.717, 1.165) is 35.8 Å². The minimum absolute atomic E-state index is 0. The molecule has 0 aliphatic heterocycles. The molecular formula is C22H30ClNO2. The van der Waals surface area contributed by atoms with Crippen LogP contribution in [0.2, 0.25) is 0 Å². The molecule has 1 amide bonds. The van der Waals surface area contributed by atoms with Gasteiger partial charge in [-0.15, -0.1) is 12.4 Å². The van der Waals surface area contributed by atoms with Gasteiger partial charge in [0.1, 0.15) is 5.75 Å². The molecule has 0 bridgehead atoms. The smallest absolute Gasteiger partial charge is 0.248 e. The third-order valence-electron chi connectivity index (χ3n) is 4.28. The van der Waals surface area contributed by atoms with E-state index in [1.165, 1.54) is 25.7 Å². The zero-order valence-corrected chi connectivity index (χ0v) is 16.6. The second-order valence-corrected chi connectivity index (χ2v) is 6.91. The average Bonchev–Trinajstić information content (AvgIpc) is 2.61. The number of rotatable bonds is 10. The molecule has 0 fully saturated rings. The lowest BCUT2D eigenvalue weighted by atomic mass is 10.0. The molecule has 0 saturated carbocycles. The first-order valence-electron chi connectivity index (χ1n) is 9.19. The first-order valence-corrected chi connectivity index (χ1v) is 9.19. The molecule has 2 rings (SSSR count). The Labute approximate surface area is 163 Å². The van der Waals surface area contributed by atoms with E-state index >= 15 is 0 Å². The molecule has 0 spiro atoms. The van der Waals surface area contributed by atoms with E-state index in [2.05, 4.69) is 13.8 Å². The summed E-state index contributed by atoms with van der Waals surface area (Å²) in [5.74, 6) is 1.28. The van der Waals surface area contributed by atoms with Crippen molar-refractivity contribution in [2.45, 2.75) is 46.0 Å². The molecule has 2 aromatic carbocycles. The molecule has 0 aromatic heterocycles. The fraction of sp³-hybridized carbons (Fsp3) is 0.409. The monoisotopic (exact) mass is 375 g/mol. The normalized spacial score (nSPS) is 10.4. The minimum Gasteiger partial charge on any atom is -0.494 e. The summed E-state index contributed by atoms with van der Waals surface area (Å²) in [5, 5.41) is 0. The predicted octanol–water partition coefficient (Wildman–Crippen LogP) is 5.86. The van der Waals surface area contributed by atoms with Crippen LogP contribution >= 0.6 is 12.4 Å². The molecule has 2 aromatic rings. The largest absolute Gasteiger partial charge is 0.494 e. The summed E-state index contributed by atoms with van der Waals surface area (Å²) in [4.78, 5) is 11.2. The molecule has 0 aliphatic carbocycles. The van der Waals surface area contributed by atoms with E-state index in [4.69, 9.17) is 10.5 Å². The standard InChI is InChI=1S/C22H29NO2.ClH/c1-17(2)8-5-3-4-6-15-25-21-10-7-9-20(16-21)18-11-13-19(14-12-18)22(23)24;/h7,9-14,16-17H,3-6,8,15H2,1-2H3,(H2,23,24);1H. The van der Waals surface area contributed by atoms with Gasteiger partial charge in [0.15, 0.2) is 0 Å². The fourth-order valence-corrected chi connectivity index (χ4v) is 2.79. The summed E-state index contributed by atoms with van der Waals surface area (Å²) in [6, 6.07) is 15.4. The van der Waals surface area contributed by atoms with Gasteiger partial charge in [-0.2, -0.15) is 0 Å². The van der Waals surface area contributed by atoms with Crippen molar-refractivity contribution >= 4 is 18.3 Å². The van der Waals surface area contributed by atoms with Crippen molar-refractivity contribution in [3.8, 4) is 16.9 Å². The van der Waals surface area contributed by atoms with Crippen molar-refractivity contribution in [3.05, 3.63) is 54.1 Å². The Kier molecular flexibility index (Phi) is 9.82. The van der Waals surface area contributed by atoms with Crippen LogP contribution in [-0.4, -0.2) is 12.5 Å². The highest BCUT2D eigenvalue weighted by Gasteiger charge is 2.03. The van der Waals surface area contributed by atoms with Crippen LogP contribution in [0.25, 0.3) is 11.1 Å². The summed E-state index contributed by atoms with van der Waals surface area (Å²) < 4.78 is 5.88. The van der Waals surface area contributed by atoms with Crippen LogP contribution in [0.4, 0.5) is 0 Å². The number of benzene rings is 2. The molecule has 0 unspecified atom stereocenters. The third kappa shape index (κ3) is 7.49. The van der Waals surface area contributed by atoms with E-state index in [9.17, 15) is 4.79 Å². The topological polar surface area (TPSA) is 52.3 Å². The number of primary amides is 1. The molecule has 0 aliphatic rings. The van der Waals surface area contributed by atoms with Crippen molar-refractivity contribution in [2.24, 2.45) is 11.7 Å². The van der Waals surface area contributed by atoms with Crippen molar-refractivity contribution in [1.82, 2.24) is 0 Å². The van der Waals surface area contributed by atoms with E-state index in [0.29, 0.717) is 5.56 Å². The van der Waals surface area contributed by atoms with E-state index in [1.807, 2.05) is 36.4 Å². The van der Waals surface area contributed by atoms with Crippen LogP contribution in [0.15, 0.2) is 48.5 Å². The average molecular weight is 376 g/mol. The molecular weight excluding hydrogens is 346 g/mol. The van der Waals surface area contributed by atoms with Crippen LogP contribution in [0.5, 0.6) is 5.75 Å². The van der Waals surface area contributed by atoms with E-state index in [1.54, 1.807) is 12.1 Å². The second kappa shape index (κ2) is 11.6. The van der Waals surface area contributed by atoms with Crippen LogP contribution in [-0.2, 0) is 0 Å². The molecule has 3 nitrogen and oxygen atoms in total. The van der Waals surface area contributed by atoms with E-state index < -0.39 is 5.91 Å². The maximum absolute atomic E-state index is 11.2. The number of carbonyl (C=O) groups excluding carboxylic acids is 1. The van der Waals surface area contributed by atoms with Crippen molar-refractivity contribution < 1.29 is 9.53 Å². The van der Waals surface area contributed by atoms with Gasteiger partial charge in [0.05, 0.1) is 6.61 Å². The van der Waals surface area contributed by atoms with Gasteiger partial charge in [0, 0.05) is 5.56 Å². The summed E-state index contributed by atoms with van der Waals surface area (Å²) >= 11 is 0. The summed E-state index contributed by atoms with van der Waals surface area (Å²) in [7, 11) is 0. The number of halogens is 1. The summed E-state index contributed by atoms with van der Waals surface area (Å²) in [6.07, 6.45) is 6.23. The van der Waals surface area contributed by atoms with Crippen LogP contribution in [0.3, 0.4) is 0 Å². The maximum Gasteiger partial charge on any atom is 0.248 e. The Morgan fingerprint density at radius 1 is 0.962 bits per heavy atom. The van der Waals surface area contributed by atoms with Crippen molar-refractivity contribution in [3.63, 3.8) is 0 Å². The zero-order chi connectivity index (χ0) is 18.1. The maximum atomic E-state index is 11.2. The van der Waals surface area contributed by atoms with Gasteiger partial charge in [0.2, 0.25) is 5.91 Å². The molecule has 0 saturated heterocycles. The molecule has 0 atom stereocenters. The Balaban J connectivity index is 0.00000338. The van der Waals surface area contributed by atoms with Crippen LogP contribution in [0.1, 0.15) is 56.3 Å². The van der Waals surface area contributed by atoms with Crippen molar-refractivity contribution in [2.75, 3.05) is 6.61 Å². The number of unbranched alkanes of at least 4 members (excludes halogenated alkanes) is 3. The molecule has 142 valence electrons. The van der Waals surface area contributed by atoms with Gasteiger partial charge >= 0.3 is 0 Å². The fourth-order valence-electron chi connectivity index (χ4n) is 2.79. The first-order chi connectivity index (χ1) is 12.1. The van der Waals surface area contributed by atoms with Crippen LogP contribution in [0, 0.1) is 5.92 Å². The third-order valence-corrected chi connectivity index (χ3v) is 4.28. The Bertz CT molecular complexity index is 668. The highest BCUT2D eigenvalue weighted by molar-refractivity contribution is 5.93. The molecule has 0 heterocycles. The Morgan fingerprint density at radius 3 is 2.31 bits per heavy atom. The predicted molar refractivity (Wildman–Crippen MR) is 111 cm³/mol. The van der Waals surface area contributed by atoms with Gasteiger partial charge in [-0.05, 0) is 47.7 Å². The second-order valence-electron chi connectivity index (χ2n) is 6.91. The SMILES string of the molecule is CC(C)CCCCCCOc1cccc(-c2ccc(C(N)=O)cc2)c1.Cl. The van der Waals surface area contributed by atoms with Gasteiger partial charge in [-0.25, -0.2) is 0 Å². The van der Waals surface area contributed by atoms with Crippen molar-refractivity contribution in [1.29, 1.82) is 0 Å². The van der Waals surface area contributed by atoms with Gasteiger partial charge in [0.25, 0.3) is 0 Å². The van der Waals surface area contributed by atoms with Gasteiger partial charge in [-0.3, -0.25) is 4.79 Å². The molecule has 0 radical (unpaired) electrons. The summed E-state index contributed by atoms with van der Waals surface area (Å²) in [5.41, 5.74) is 7.92. The quantitative estimate of drug-likeness (QED) is 0.529. The molecule has 2 N–H and O–H groups in total. The lowest BCUT2D eigenvalue weighted by molar-refractivity contribution is 0.100. The Hall–Kier alpha value is -2.00. The Morgan fingerprint density at radius 2 is 1.65 bits per heavy atom. The number of hydrogen-bond donors (Lipinski definition) is 1.